The van der Waals surface area contributed by atoms with E-state index in [2.05, 4.69) is 5.32 Å². The van der Waals surface area contributed by atoms with E-state index in [0.717, 1.165) is 35.1 Å². The molecule has 0 aliphatic carbocycles. The third-order valence-electron chi connectivity index (χ3n) is 5.34. The van der Waals surface area contributed by atoms with Crippen LogP contribution in [0.15, 0.2) is 54.4 Å². The molecular weight excluding hydrogens is 413 g/mol. The van der Waals surface area contributed by atoms with Crippen LogP contribution < -0.4 is 5.32 Å². The highest BCUT2D eigenvalue weighted by Crippen LogP contribution is 2.37. The fraction of sp³-hybridized carbons (Fsp3) is 0.250. The van der Waals surface area contributed by atoms with E-state index in [4.69, 9.17) is 4.74 Å². The van der Waals surface area contributed by atoms with Gasteiger partial charge in [-0.05, 0) is 44.0 Å². The Hall–Kier alpha value is -3.65. The zero-order valence-corrected chi connectivity index (χ0v) is 18.5. The Morgan fingerprint density at radius 3 is 2.66 bits per heavy atom. The minimum atomic E-state index is -0.571. The molecule has 0 fully saturated rings. The quantitative estimate of drug-likeness (QED) is 0.170. The van der Waals surface area contributed by atoms with Gasteiger partial charge in [0.25, 0.3) is 5.69 Å². The molecule has 0 atom stereocenters. The van der Waals surface area contributed by atoms with Gasteiger partial charge in [-0.3, -0.25) is 10.1 Å². The number of aliphatic hydroxyl groups excluding tert-OH is 1. The zero-order chi connectivity index (χ0) is 23.4. The lowest BCUT2D eigenvalue weighted by molar-refractivity contribution is -0.384. The van der Waals surface area contributed by atoms with E-state index in [-0.39, 0.29) is 11.4 Å². The number of nitrogens with zero attached hydrogens (tertiary/aromatic N) is 2. The van der Waals surface area contributed by atoms with Gasteiger partial charge < -0.3 is 19.7 Å². The number of aliphatic hydroxyl groups is 1. The summed E-state index contributed by atoms with van der Waals surface area (Å²) in [5.41, 5.74) is 3.81. The molecule has 0 unspecified atom stereocenters. The zero-order valence-electron chi connectivity index (χ0n) is 18.5. The van der Waals surface area contributed by atoms with Gasteiger partial charge in [0.2, 0.25) is 0 Å². The van der Waals surface area contributed by atoms with E-state index in [1.807, 2.05) is 51.1 Å². The molecule has 0 aliphatic heterocycles. The van der Waals surface area contributed by atoms with Crippen LogP contribution >= 0.6 is 0 Å². The second-order valence-corrected chi connectivity index (χ2v) is 7.16. The lowest BCUT2D eigenvalue weighted by Crippen LogP contribution is -2.13. The Bertz CT molecular complexity index is 1230. The van der Waals surface area contributed by atoms with Crippen molar-refractivity contribution in [3.8, 4) is 5.69 Å². The summed E-state index contributed by atoms with van der Waals surface area (Å²) < 4.78 is 22.0. The normalized spacial score (nSPS) is 12.3. The Labute approximate surface area is 185 Å². The first-order valence-electron chi connectivity index (χ1n) is 10.2. The molecule has 8 heteroatoms. The molecule has 2 aromatic carbocycles. The Kier molecular flexibility index (Phi) is 6.95. The molecule has 0 bridgehead atoms. The number of halogens is 1. The first-order valence-corrected chi connectivity index (χ1v) is 10.2. The summed E-state index contributed by atoms with van der Waals surface area (Å²) in [6.07, 6.45) is 4.49. The monoisotopic (exact) mass is 439 g/mol. The van der Waals surface area contributed by atoms with Crippen molar-refractivity contribution < 1.29 is 19.2 Å². The van der Waals surface area contributed by atoms with Gasteiger partial charge in [-0.1, -0.05) is 25.1 Å². The molecule has 0 saturated heterocycles. The van der Waals surface area contributed by atoms with Crippen molar-refractivity contribution in [2.24, 2.45) is 0 Å². The molecule has 2 N–H and O–H groups in total. The number of ether oxygens (including phenoxy) is 1. The van der Waals surface area contributed by atoms with Crippen LogP contribution in [0, 0.1) is 22.9 Å². The first kappa shape index (κ1) is 23.0. The van der Waals surface area contributed by atoms with Crippen LogP contribution in [0.4, 0.5) is 10.1 Å². The third kappa shape index (κ3) is 4.09. The average molecular weight is 439 g/mol. The van der Waals surface area contributed by atoms with Gasteiger partial charge in [-0.2, -0.15) is 0 Å². The van der Waals surface area contributed by atoms with Crippen LogP contribution in [-0.4, -0.2) is 28.4 Å². The summed E-state index contributed by atoms with van der Waals surface area (Å²) in [6, 6.07) is 9.37. The van der Waals surface area contributed by atoms with Crippen LogP contribution in [-0.2, 0) is 11.2 Å². The lowest BCUT2D eigenvalue weighted by atomic mass is 10.00. The summed E-state index contributed by atoms with van der Waals surface area (Å²) >= 11 is 0. The summed E-state index contributed by atoms with van der Waals surface area (Å²) in [5, 5.41) is 24.5. The SMILES string of the molecule is C/C=C\C(=C(/NC)OCO)c1c(C)n(-c2cc([N+](=O)[O-])ccc2F)c2ccc(CC)cc12. The van der Waals surface area contributed by atoms with E-state index in [0.29, 0.717) is 22.7 Å². The highest BCUT2D eigenvalue weighted by molar-refractivity contribution is 5.99. The van der Waals surface area contributed by atoms with E-state index in [1.54, 1.807) is 11.6 Å². The van der Waals surface area contributed by atoms with Crippen LogP contribution in [0.5, 0.6) is 0 Å². The predicted octanol–water partition coefficient (Wildman–Crippen LogP) is 4.98. The summed E-state index contributed by atoms with van der Waals surface area (Å²) in [4.78, 5) is 10.8. The van der Waals surface area contributed by atoms with Crippen LogP contribution in [0.3, 0.4) is 0 Å². The number of allylic oxidation sites excluding steroid dienone is 3. The van der Waals surface area contributed by atoms with E-state index >= 15 is 0 Å². The van der Waals surface area contributed by atoms with Gasteiger partial charge >= 0.3 is 0 Å². The van der Waals surface area contributed by atoms with Gasteiger partial charge in [0.05, 0.1) is 16.1 Å². The molecule has 3 aromatic rings. The van der Waals surface area contributed by atoms with Crippen molar-refractivity contribution in [1.29, 1.82) is 0 Å². The maximum atomic E-state index is 14.9. The summed E-state index contributed by atoms with van der Waals surface area (Å²) in [6.45, 7) is 5.21. The first-order chi connectivity index (χ1) is 15.4. The highest BCUT2D eigenvalue weighted by atomic mass is 19.1. The second kappa shape index (κ2) is 9.65. The number of benzene rings is 2. The number of hydrogen-bond acceptors (Lipinski definition) is 5. The fourth-order valence-corrected chi connectivity index (χ4v) is 3.91. The lowest BCUT2D eigenvalue weighted by Gasteiger charge is -2.14. The second-order valence-electron chi connectivity index (χ2n) is 7.16. The minimum Gasteiger partial charge on any atom is -0.452 e. The van der Waals surface area contributed by atoms with Crippen molar-refractivity contribution >= 4 is 22.2 Å². The molecule has 32 heavy (non-hydrogen) atoms. The van der Waals surface area contributed by atoms with E-state index < -0.39 is 17.5 Å². The number of nitro groups is 1. The number of hydrogen-bond donors (Lipinski definition) is 2. The Morgan fingerprint density at radius 1 is 1.31 bits per heavy atom. The molecule has 3 rings (SSSR count). The van der Waals surface area contributed by atoms with Crippen molar-refractivity contribution in [3.05, 3.63) is 87.2 Å². The Morgan fingerprint density at radius 2 is 2.06 bits per heavy atom. The van der Waals surface area contributed by atoms with Gasteiger partial charge in [0.1, 0.15) is 5.82 Å². The molecule has 0 radical (unpaired) electrons. The number of aryl methyl sites for hydroxylation is 1. The highest BCUT2D eigenvalue weighted by Gasteiger charge is 2.23. The maximum Gasteiger partial charge on any atom is 0.271 e. The molecule has 0 amide bonds. The third-order valence-corrected chi connectivity index (χ3v) is 5.34. The molecule has 0 aliphatic rings. The molecular formula is C24H26FN3O4. The summed E-state index contributed by atoms with van der Waals surface area (Å²) in [5.74, 6) is -0.215. The predicted molar refractivity (Wildman–Crippen MR) is 123 cm³/mol. The molecule has 0 saturated carbocycles. The molecule has 1 heterocycles. The number of fused-ring (bicyclic) bond motifs is 1. The number of rotatable bonds is 8. The van der Waals surface area contributed by atoms with Gasteiger partial charge in [-0.25, -0.2) is 4.39 Å². The summed E-state index contributed by atoms with van der Waals surface area (Å²) in [7, 11) is 1.68. The topological polar surface area (TPSA) is 89.6 Å². The maximum absolute atomic E-state index is 14.9. The minimum absolute atomic E-state index is 0.0890. The standard InChI is InChI=1S/C24H26FN3O4/c1-5-7-18(24(26-4)32-14-29)23-15(3)27(21-11-8-16(6-2)12-19(21)23)22-13-17(28(30)31)9-10-20(22)25/h5,7-13,26,29H,6,14H2,1-4H3/b7-5-,24-18-. The smallest absolute Gasteiger partial charge is 0.271 e. The molecule has 1 aromatic heterocycles. The Balaban J connectivity index is 2.48. The van der Waals surface area contributed by atoms with Crippen LogP contribution in [0.1, 0.15) is 30.7 Å². The van der Waals surface area contributed by atoms with E-state index in [9.17, 15) is 19.6 Å². The largest absolute Gasteiger partial charge is 0.452 e. The molecule has 168 valence electrons. The van der Waals surface area contributed by atoms with Crippen LogP contribution in [0.2, 0.25) is 0 Å². The number of nitrogens with one attached hydrogen (secondary N) is 1. The van der Waals surface area contributed by atoms with Gasteiger partial charge in [0.15, 0.2) is 12.7 Å². The molecule has 7 nitrogen and oxygen atoms in total. The molecule has 0 spiro atoms. The fourth-order valence-electron chi connectivity index (χ4n) is 3.91. The van der Waals surface area contributed by atoms with Gasteiger partial charge in [0, 0.05) is 41.4 Å². The van der Waals surface area contributed by atoms with E-state index in [1.165, 1.54) is 6.07 Å². The van der Waals surface area contributed by atoms with Gasteiger partial charge in [-0.15, -0.1) is 0 Å². The average Bonchev–Trinajstić information content (AvgIpc) is 3.07. The van der Waals surface area contributed by atoms with Crippen molar-refractivity contribution in [3.63, 3.8) is 0 Å². The number of non-ortho nitro benzene ring substituents is 1. The number of nitro benzene ring substituents is 1. The van der Waals surface area contributed by atoms with Crippen LogP contribution in [0.25, 0.3) is 22.2 Å². The number of aromatic nitrogens is 1. The van der Waals surface area contributed by atoms with Crippen molar-refractivity contribution in [1.82, 2.24) is 9.88 Å². The van der Waals surface area contributed by atoms with Crippen molar-refractivity contribution in [2.45, 2.75) is 27.2 Å². The van der Waals surface area contributed by atoms with Crippen molar-refractivity contribution in [2.75, 3.05) is 13.8 Å².